The molecule has 0 aliphatic heterocycles. The van der Waals surface area contributed by atoms with Crippen LogP contribution in [0.25, 0.3) is 0 Å². The Balaban J connectivity index is 1.37. The molecule has 0 heterocycles. The molecule has 0 saturated heterocycles. The Hall–Kier alpha value is -1.18. The summed E-state index contributed by atoms with van der Waals surface area (Å²) in [6.07, 6.45) is 10.8. The van der Waals surface area contributed by atoms with Gasteiger partial charge in [0.25, 0.3) is 0 Å². The number of carboxylic acid groups (broad SMARTS) is 1. The van der Waals surface area contributed by atoms with Crippen LogP contribution in [0.2, 0.25) is 0 Å². The van der Waals surface area contributed by atoms with Gasteiger partial charge in [-0.3, -0.25) is 4.79 Å². The summed E-state index contributed by atoms with van der Waals surface area (Å²) in [5.74, 6) is 1.60. The molecule has 4 aliphatic carbocycles. The van der Waals surface area contributed by atoms with E-state index < -0.39 is 12.0 Å². The summed E-state index contributed by atoms with van der Waals surface area (Å²) in [7, 11) is 0. The standard InChI is InChI=1S/C30H52N2O5/c1-18(7-10-26(35)32-24(28(36)37)6-4-5-15-31)21-8-9-22-27-23(12-14-30(21,22)3)29(2)13-11-20(33)16-19(29)17-25(27)34/h18-25,27,33-34H,4-17,31H2,1-3H3,(H,32,35)(H,36,37)/t18-,19+,20-,21-,22+,23+,24+,25-,27+,29+,30-/m1/s1. The van der Waals surface area contributed by atoms with E-state index >= 15 is 0 Å². The van der Waals surface area contributed by atoms with Crippen LogP contribution in [-0.2, 0) is 9.59 Å². The van der Waals surface area contributed by atoms with Gasteiger partial charge in [0, 0.05) is 6.42 Å². The number of rotatable bonds is 10. The zero-order chi connectivity index (χ0) is 27.0. The van der Waals surface area contributed by atoms with E-state index in [1.165, 1.54) is 6.42 Å². The van der Waals surface area contributed by atoms with Crippen LogP contribution in [-0.4, -0.2) is 52.0 Å². The second kappa shape index (κ2) is 11.5. The fourth-order valence-electron chi connectivity index (χ4n) is 9.75. The van der Waals surface area contributed by atoms with Crippen molar-refractivity contribution in [2.75, 3.05) is 6.54 Å². The van der Waals surface area contributed by atoms with E-state index in [2.05, 4.69) is 26.1 Å². The first-order valence-electron chi connectivity index (χ1n) is 15.1. The average Bonchev–Trinajstić information content (AvgIpc) is 3.20. The van der Waals surface area contributed by atoms with E-state index in [0.717, 1.165) is 57.8 Å². The molecule has 1 amide bonds. The lowest BCUT2D eigenvalue weighted by molar-refractivity contribution is -0.174. The number of carbonyl (C=O) groups excluding carboxylic acids is 1. The van der Waals surface area contributed by atoms with Crippen LogP contribution < -0.4 is 11.1 Å². The first-order valence-corrected chi connectivity index (χ1v) is 15.1. The number of aliphatic hydroxyl groups excluding tert-OH is 2. The van der Waals surface area contributed by atoms with Crippen molar-refractivity contribution in [2.45, 2.75) is 122 Å². The molecule has 4 rings (SSSR count). The van der Waals surface area contributed by atoms with Crippen molar-refractivity contribution in [1.82, 2.24) is 5.32 Å². The molecule has 0 bridgehead atoms. The SMILES string of the molecule is C[C@H](CCC(=O)N[C@@H](CCCCN)C(=O)O)[C@H]1CC[C@H]2[C@@H]3[C@H](O)C[C@@H]4C[C@H](O)CC[C@]4(C)[C@H]3CC[C@]12C. The Morgan fingerprint density at radius 1 is 0.973 bits per heavy atom. The van der Waals surface area contributed by atoms with Gasteiger partial charge < -0.3 is 26.4 Å². The van der Waals surface area contributed by atoms with Crippen LogP contribution in [0, 0.1) is 46.3 Å². The number of aliphatic carboxylic acids is 1. The monoisotopic (exact) mass is 520 g/mol. The molecule has 0 aromatic carbocycles. The number of unbranched alkanes of at least 4 members (excludes halogenated alkanes) is 1. The van der Waals surface area contributed by atoms with Crippen LogP contribution in [0.15, 0.2) is 0 Å². The molecule has 0 aromatic heterocycles. The van der Waals surface area contributed by atoms with Crippen molar-refractivity contribution in [2.24, 2.45) is 52.1 Å². The van der Waals surface area contributed by atoms with E-state index in [1.54, 1.807) is 0 Å². The van der Waals surface area contributed by atoms with Gasteiger partial charge in [-0.1, -0.05) is 20.8 Å². The average molecular weight is 521 g/mol. The molecule has 37 heavy (non-hydrogen) atoms. The lowest BCUT2D eigenvalue weighted by Crippen LogP contribution is -2.58. The van der Waals surface area contributed by atoms with Crippen molar-refractivity contribution in [3.05, 3.63) is 0 Å². The first kappa shape index (κ1) is 28.8. The van der Waals surface area contributed by atoms with Crippen molar-refractivity contribution in [3.63, 3.8) is 0 Å². The molecule has 0 unspecified atom stereocenters. The van der Waals surface area contributed by atoms with Gasteiger partial charge in [-0.15, -0.1) is 0 Å². The van der Waals surface area contributed by atoms with Gasteiger partial charge in [-0.05, 0) is 130 Å². The molecular weight excluding hydrogens is 468 g/mol. The zero-order valence-electron chi connectivity index (χ0n) is 23.3. The van der Waals surface area contributed by atoms with Crippen LogP contribution in [0.4, 0.5) is 0 Å². The molecule has 4 saturated carbocycles. The fourth-order valence-corrected chi connectivity index (χ4v) is 9.75. The lowest BCUT2D eigenvalue weighted by atomic mass is 9.43. The van der Waals surface area contributed by atoms with Gasteiger partial charge in [-0.2, -0.15) is 0 Å². The van der Waals surface area contributed by atoms with E-state index in [-0.39, 0.29) is 28.9 Å². The first-order chi connectivity index (χ1) is 17.5. The molecule has 7 nitrogen and oxygen atoms in total. The Kier molecular flexibility index (Phi) is 8.97. The highest BCUT2D eigenvalue weighted by Gasteiger charge is 2.62. The minimum Gasteiger partial charge on any atom is -0.480 e. The Morgan fingerprint density at radius 2 is 1.68 bits per heavy atom. The maximum absolute atomic E-state index is 12.6. The highest BCUT2D eigenvalue weighted by atomic mass is 16.4. The van der Waals surface area contributed by atoms with Crippen molar-refractivity contribution >= 4 is 11.9 Å². The van der Waals surface area contributed by atoms with Gasteiger partial charge in [0.15, 0.2) is 0 Å². The summed E-state index contributed by atoms with van der Waals surface area (Å²) in [6, 6.07) is -0.836. The highest BCUT2D eigenvalue weighted by Crippen LogP contribution is 2.68. The molecule has 0 aromatic rings. The van der Waals surface area contributed by atoms with Gasteiger partial charge in [0.1, 0.15) is 6.04 Å². The van der Waals surface area contributed by atoms with Crippen LogP contribution in [0.5, 0.6) is 0 Å². The second-order valence-electron chi connectivity index (χ2n) is 13.7. The third kappa shape index (κ3) is 5.60. The van der Waals surface area contributed by atoms with Crippen LogP contribution in [0.1, 0.15) is 104 Å². The number of fused-ring (bicyclic) bond motifs is 5. The third-order valence-corrected chi connectivity index (χ3v) is 11.8. The minimum atomic E-state index is -0.976. The summed E-state index contributed by atoms with van der Waals surface area (Å²) < 4.78 is 0. The van der Waals surface area contributed by atoms with Crippen LogP contribution >= 0.6 is 0 Å². The summed E-state index contributed by atoms with van der Waals surface area (Å²) in [4.78, 5) is 24.2. The molecule has 6 N–H and O–H groups in total. The van der Waals surface area contributed by atoms with Gasteiger partial charge >= 0.3 is 5.97 Å². The number of carbonyl (C=O) groups is 2. The normalized spacial score (nSPS) is 42.7. The summed E-state index contributed by atoms with van der Waals surface area (Å²) in [5.41, 5.74) is 5.93. The van der Waals surface area contributed by atoms with Gasteiger partial charge in [-0.25, -0.2) is 4.79 Å². The Labute approximate surface area is 223 Å². The summed E-state index contributed by atoms with van der Waals surface area (Å²) >= 11 is 0. The molecule has 212 valence electrons. The van der Waals surface area contributed by atoms with E-state index in [1.807, 2.05) is 0 Å². The number of hydrogen-bond donors (Lipinski definition) is 5. The van der Waals surface area contributed by atoms with E-state index in [9.17, 15) is 24.9 Å². The number of aliphatic hydroxyl groups is 2. The van der Waals surface area contributed by atoms with Gasteiger partial charge in [0.05, 0.1) is 12.2 Å². The molecule has 4 fully saturated rings. The number of amides is 1. The smallest absolute Gasteiger partial charge is 0.326 e. The van der Waals surface area contributed by atoms with Crippen molar-refractivity contribution in [3.8, 4) is 0 Å². The van der Waals surface area contributed by atoms with Crippen molar-refractivity contribution in [1.29, 1.82) is 0 Å². The Morgan fingerprint density at radius 3 is 2.38 bits per heavy atom. The van der Waals surface area contributed by atoms with E-state index in [4.69, 9.17) is 5.73 Å². The van der Waals surface area contributed by atoms with Crippen molar-refractivity contribution < 1.29 is 24.9 Å². The van der Waals surface area contributed by atoms with E-state index in [0.29, 0.717) is 61.3 Å². The lowest BCUT2D eigenvalue weighted by Gasteiger charge is -2.62. The minimum absolute atomic E-state index is 0.170. The quantitative estimate of drug-likeness (QED) is 0.276. The maximum Gasteiger partial charge on any atom is 0.326 e. The highest BCUT2D eigenvalue weighted by molar-refractivity contribution is 5.83. The predicted octanol–water partition coefficient (Wildman–Crippen LogP) is 4.09. The number of nitrogens with two attached hydrogens (primary N) is 1. The zero-order valence-corrected chi connectivity index (χ0v) is 23.3. The molecule has 11 atom stereocenters. The molecule has 4 aliphatic rings. The molecular formula is C30H52N2O5. The third-order valence-electron chi connectivity index (χ3n) is 11.8. The predicted molar refractivity (Wildman–Crippen MR) is 143 cm³/mol. The summed E-state index contributed by atoms with van der Waals surface area (Å²) in [5, 5.41) is 33.9. The number of carboxylic acids is 1. The maximum atomic E-state index is 12.6. The molecule has 0 spiro atoms. The summed E-state index contributed by atoms with van der Waals surface area (Å²) in [6.45, 7) is 7.70. The van der Waals surface area contributed by atoms with Crippen LogP contribution in [0.3, 0.4) is 0 Å². The largest absolute Gasteiger partial charge is 0.480 e. The Bertz CT molecular complexity index is 822. The number of nitrogens with one attached hydrogen (secondary N) is 1. The topological polar surface area (TPSA) is 133 Å². The van der Waals surface area contributed by atoms with Gasteiger partial charge in [0.2, 0.25) is 5.91 Å². The fraction of sp³-hybridized carbons (Fsp3) is 0.933. The molecule has 0 radical (unpaired) electrons. The molecule has 7 heteroatoms. The second-order valence-corrected chi connectivity index (χ2v) is 13.7. The number of hydrogen-bond acceptors (Lipinski definition) is 5.